The maximum atomic E-state index is 12.6. The Morgan fingerprint density at radius 2 is 1.33 bits per heavy atom. The van der Waals surface area contributed by atoms with Crippen molar-refractivity contribution in [1.29, 1.82) is 0 Å². The van der Waals surface area contributed by atoms with Crippen molar-refractivity contribution >= 4 is 17.7 Å². The normalized spacial score (nSPS) is 13.2. The van der Waals surface area contributed by atoms with Crippen LogP contribution in [0.4, 0.5) is 13.2 Å². The maximum absolute atomic E-state index is 12.6. The summed E-state index contributed by atoms with van der Waals surface area (Å²) in [5, 5.41) is 2.73. The number of hydrogen-bond acceptors (Lipinski definition) is 3. The highest BCUT2D eigenvalue weighted by atomic mass is 19.4. The van der Waals surface area contributed by atoms with Crippen LogP contribution in [0.5, 0.6) is 0 Å². The summed E-state index contributed by atoms with van der Waals surface area (Å²) in [6, 6.07) is 18.0. The Bertz CT molecular complexity index is 1170. The molecule has 1 heterocycles. The van der Waals surface area contributed by atoms with Crippen molar-refractivity contribution in [3.8, 4) is 0 Å². The zero-order valence-corrected chi connectivity index (χ0v) is 17.4. The number of amides is 3. The zero-order chi connectivity index (χ0) is 23.6. The van der Waals surface area contributed by atoms with Crippen LogP contribution in [0.1, 0.15) is 47.8 Å². The van der Waals surface area contributed by atoms with Crippen LogP contribution in [0.25, 0.3) is 0 Å². The molecule has 1 N–H and O–H groups in total. The van der Waals surface area contributed by atoms with Gasteiger partial charge in [0, 0.05) is 12.1 Å². The van der Waals surface area contributed by atoms with Crippen LogP contribution in [0, 0.1) is 0 Å². The number of rotatable bonds is 6. The molecule has 0 radical (unpaired) electrons. The van der Waals surface area contributed by atoms with E-state index in [9.17, 15) is 27.6 Å². The molecule has 8 heteroatoms. The molecule has 0 aromatic heterocycles. The molecule has 168 valence electrons. The number of halogens is 3. The fourth-order valence-corrected chi connectivity index (χ4v) is 3.61. The largest absolute Gasteiger partial charge is 0.416 e. The molecule has 0 bridgehead atoms. The number of alkyl halides is 3. The van der Waals surface area contributed by atoms with E-state index in [1.165, 1.54) is 17.0 Å². The van der Waals surface area contributed by atoms with E-state index < -0.39 is 11.7 Å². The molecule has 3 aromatic carbocycles. The minimum Gasteiger partial charge on any atom is -0.352 e. The van der Waals surface area contributed by atoms with Crippen LogP contribution in [0.3, 0.4) is 0 Å². The highest BCUT2D eigenvalue weighted by Gasteiger charge is 2.35. The van der Waals surface area contributed by atoms with Crippen LogP contribution in [-0.4, -0.2) is 29.2 Å². The molecule has 0 saturated carbocycles. The summed E-state index contributed by atoms with van der Waals surface area (Å²) in [6.45, 7) is 0.364. The van der Waals surface area contributed by atoms with Gasteiger partial charge in [0.25, 0.3) is 17.7 Å². The average Bonchev–Trinajstić information content (AvgIpc) is 3.04. The Kier molecular flexibility index (Phi) is 6.00. The predicted molar refractivity (Wildman–Crippen MR) is 115 cm³/mol. The van der Waals surface area contributed by atoms with Gasteiger partial charge in [-0.15, -0.1) is 0 Å². The molecule has 1 aliphatic rings. The zero-order valence-electron chi connectivity index (χ0n) is 17.4. The van der Waals surface area contributed by atoms with Crippen molar-refractivity contribution in [2.45, 2.75) is 19.1 Å². The Balaban J connectivity index is 1.31. The number of imide groups is 1. The fraction of sp³-hybridized carbons (Fsp3) is 0.160. The number of carbonyl (C=O) groups excluding carboxylic acids is 3. The van der Waals surface area contributed by atoms with Gasteiger partial charge in [-0.2, -0.15) is 13.2 Å². The van der Waals surface area contributed by atoms with Crippen molar-refractivity contribution in [3.63, 3.8) is 0 Å². The second-order valence-corrected chi connectivity index (χ2v) is 7.64. The van der Waals surface area contributed by atoms with E-state index in [4.69, 9.17) is 0 Å². The molecular weight excluding hydrogens is 433 g/mol. The quantitative estimate of drug-likeness (QED) is 0.561. The molecule has 0 atom stereocenters. The summed E-state index contributed by atoms with van der Waals surface area (Å²) in [5.41, 5.74) is 1.83. The number of hydrogen-bond donors (Lipinski definition) is 1. The minimum absolute atomic E-state index is 0.0994. The first-order chi connectivity index (χ1) is 15.7. The lowest BCUT2D eigenvalue weighted by molar-refractivity contribution is -0.137. The second kappa shape index (κ2) is 8.90. The number of carbonyl (C=O) groups is 3. The molecule has 3 amide bonds. The molecule has 0 spiro atoms. The van der Waals surface area contributed by atoms with E-state index in [1.807, 2.05) is 0 Å². The SMILES string of the molecule is O=C(NCCc1ccc(C(F)(F)F)cc1)c1ccc(CN2C(=O)c3ccccc3C2=O)cc1. The molecule has 0 aliphatic carbocycles. The highest BCUT2D eigenvalue weighted by molar-refractivity contribution is 6.21. The van der Waals surface area contributed by atoms with Crippen LogP contribution in [-0.2, 0) is 19.1 Å². The third kappa shape index (κ3) is 4.79. The van der Waals surface area contributed by atoms with Gasteiger partial charge in [-0.3, -0.25) is 19.3 Å². The van der Waals surface area contributed by atoms with Crippen LogP contribution in [0.15, 0.2) is 72.8 Å². The lowest BCUT2D eigenvalue weighted by Gasteiger charge is -2.14. The lowest BCUT2D eigenvalue weighted by Crippen LogP contribution is -2.29. The van der Waals surface area contributed by atoms with Crippen molar-refractivity contribution < 1.29 is 27.6 Å². The molecule has 0 saturated heterocycles. The third-order valence-corrected chi connectivity index (χ3v) is 5.42. The number of fused-ring (bicyclic) bond motifs is 1. The summed E-state index contributed by atoms with van der Waals surface area (Å²) in [6.07, 6.45) is -3.99. The molecular formula is C25H19F3N2O3. The first kappa shape index (κ1) is 22.3. The molecule has 3 aromatic rings. The van der Waals surface area contributed by atoms with Gasteiger partial charge in [0.2, 0.25) is 0 Å². The van der Waals surface area contributed by atoms with E-state index in [0.29, 0.717) is 34.2 Å². The third-order valence-electron chi connectivity index (χ3n) is 5.42. The van der Waals surface area contributed by atoms with Gasteiger partial charge in [-0.05, 0) is 53.9 Å². The Hall–Kier alpha value is -3.94. The first-order valence-electron chi connectivity index (χ1n) is 10.2. The number of nitrogens with one attached hydrogen (secondary N) is 1. The molecule has 4 rings (SSSR count). The monoisotopic (exact) mass is 452 g/mol. The molecule has 33 heavy (non-hydrogen) atoms. The van der Waals surface area contributed by atoms with Gasteiger partial charge in [-0.25, -0.2) is 0 Å². The summed E-state index contributed by atoms with van der Waals surface area (Å²) in [4.78, 5) is 38.5. The van der Waals surface area contributed by atoms with Gasteiger partial charge in [0.15, 0.2) is 0 Å². The number of benzene rings is 3. The average molecular weight is 452 g/mol. The fourth-order valence-electron chi connectivity index (χ4n) is 3.61. The summed E-state index contributed by atoms with van der Waals surface area (Å²) >= 11 is 0. The first-order valence-corrected chi connectivity index (χ1v) is 10.2. The Labute approximate surface area is 187 Å². The van der Waals surface area contributed by atoms with E-state index in [1.54, 1.807) is 48.5 Å². The molecule has 1 aliphatic heterocycles. The Morgan fingerprint density at radius 3 is 1.88 bits per heavy atom. The standard InChI is InChI=1S/C25H19F3N2O3/c26-25(27,28)19-11-7-16(8-12-19)13-14-29-22(31)18-9-5-17(6-10-18)15-30-23(32)20-3-1-2-4-21(20)24(30)33/h1-12H,13-15H2,(H,29,31). The van der Waals surface area contributed by atoms with E-state index in [-0.39, 0.29) is 30.8 Å². The van der Waals surface area contributed by atoms with Crippen molar-refractivity contribution in [2.75, 3.05) is 6.54 Å². The maximum Gasteiger partial charge on any atom is 0.416 e. The van der Waals surface area contributed by atoms with Gasteiger partial charge in [0.1, 0.15) is 0 Å². The molecule has 0 fully saturated rings. The summed E-state index contributed by atoms with van der Waals surface area (Å²) < 4.78 is 37.8. The molecule has 5 nitrogen and oxygen atoms in total. The summed E-state index contributed by atoms with van der Waals surface area (Å²) in [7, 11) is 0. The Morgan fingerprint density at radius 1 is 0.788 bits per heavy atom. The lowest BCUT2D eigenvalue weighted by atomic mass is 10.1. The van der Waals surface area contributed by atoms with Gasteiger partial charge in [-0.1, -0.05) is 36.4 Å². The van der Waals surface area contributed by atoms with E-state index in [2.05, 4.69) is 5.32 Å². The predicted octanol–water partition coefficient (Wildman–Crippen LogP) is 4.47. The van der Waals surface area contributed by atoms with Crippen molar-refractivity contribution in [1.82, 2.24) is 10.2 Å². The van der Waals surface area contributed by atoms with Crippen LogP contribution >= 0.6 is 0 Å². The number of nitrogens with zero attached hydrogens (tertiary/aromatic N) is 1. The van der Waals surface area contributed by atoms with Crippen molar-refractivity contribution in [2.24, 2.45) is 0 Å². The van der Waals surface area contributed by atoms with Crippen molar-refractivity contribution in [3.05, 3.63) is 106 Å². The highest BCUT2D eigenvalue weighted by Crippen LogP contribution is 2.29. The van der Waals surface area contributed by atoms with Crippen LogP contribution < -0.4 is 5.32 Å². The molecule has 0 unspecified atom stereocenters. The topological polar surface area (TPSA) is 66.5 Å². The van der Waals surface area contributed by atoms with E-state index >= 15 is 0 Å². The van der Waals surface area contributed by atoms with E-state index in [0.717, 1.165) is 12.1 Å². The smallest absolute Gasteiger partial charge is 0.352 e. The minimum atomic E-state index is -4.38. The summed E-state index contributed by atoms with van der Waals surface area (Å²) in [5.74, 6) is -1.02. The van der Waals surface area contributed by atoms with Gasteiger partial charge < -0.3 is 5.32 Å². The van der Waals surface area contributed by atoms with Gasteiger partial charge in [0.05, 0.1) is 23.2 Å². The van der Waals surface area contributed by atoms with Crippen LogP contribution in [0.2, 0.25) is 0 Å². The van der Waals surface area contributed by atoms with Gasteiger partial charge >= 0.3 is 6.18 Å². The second-order valence-electron chi connectivity index (χ2n) is 7.64.